The molecule has 0 saturated carbocycles. The van der Waals surface area contributed by atoms with Gasteiger partial charge in [-0.3, -0.25) is 10.2 Å². The van der Waals surface area contributed by atoms with E-state index >= 15 is 0 Å². The van der Waals surface area contributed by atoms with E-state index in [0.29, 0.717) is 0 Å². The van der Waals surface area contributed by atoms with Crippen molar-refractivity contribution in [3.05, 3.63) is 0 Å². The van der Waals surface area contributed by atoms with Crippen molar-refractivity contribution >= 4 is 12.0 Å². The zero-order chi connectivity index (χ0) is 13.0. The second-order valence-corrected chi connectivity index (χ2v) is 4.68. The van der Waals surface area contributed by atoms with Crippen LogP contribution in [0.2, 0.25) is 0 Å². The van der Waals surface area contributed by atoms with Crippen LogP contribution in [-0.2, 0) is 4.79 Å². The second-order valence-electron chi connectivity index (χ2n) is 4.68. The lowest BCUT2D eigenvalue weighted by molar-refractivity contribution is -0.138. The van der Waals surface area contributed by atoms with Crippen LogP contribution in [0.4, 0.5) is 4.79 Å². The Balaban J connectivity index is 2.46. The van der Waals surface area contributed by atoms with Crippen molar-refractivity contribution in [3.8, 4) is 0 Å². The van der Waals surface area contributed by atoms with E-state index in [0.717, 1.165) is 19.3 Å². The van der Waals surface area contributed by atoms with E-state index in [1.54, 1.807) is 0 Å². The first kappa shape index (κ1) is 13.8. The highest BCUT2D eigenvalue weighted by Crippen LogP contribution is 2.19. The average molecular weight is 243 g/mol. The van der Waals surface area contributed by atoms with Crippen LogP contribution >= 0.6 is 0 Å². The summed E-state index contributed by atoms with van der Waals surface area (Å²) in [4.78, 5) is 22.2. The first-order valence-corrected chi connectivity index (χ1v) is 6.00. The Hall–Kier alpha value is -1.30. The number of hydrogen-bond donors (Lipinski definition) is 3. The fraction of sp³-hybridized carbons (Fsp3) is 0.818. The Kier molecular flexibility index (Phi) is 4.74. The third-order valence-corrected chi connectivity index (χ3v) is 3.14. The van der Waals surface area contributed by atoms with E-state index in [-0.39, 0.29) is 12.1 Å². The molecular formula is C11H21N3O3. The molecule has 1 saturated heterocycles. The van der Waals surface area contributed by atoms with Crippen LogP contribution in [0.3, 0.4) is 0 Å². The van der Waals surface area contributed by atoms with E-state index in [4.69, 9.17) is 5.11 Å². The fourth-order valence-electron chi connectivity index (χ4n) is 2.05. The number of aliphatic carboxylic acids is 1. The van der Waals surface area contributed by atoms with Crippen LogP contribution in [0.1, 0.15) is 40.0 Å². The Bertz CT molecular complexity index is 286. The molecule has 1 aliphatic heterocycles. The van der Waals surface area contributed by atoms with Gasteiger partial charge in [0.1, 0.15) is 6.04 Å². The normalized spacial score (nSPS) is 27.2. The summed E-state index contributed by atoms with van der Waals surface area (Å²) in [7, 11) is 0. The molecule has 17 heavy (non-hydrogen) atoms. The monoisotopic (exact) mass is 243 g/mol. The molecule has 2 amide bonds. The number of carboxylic acids is 1. The van der Waals surface area contributed by atoms with Crippen molar-refractivity contribution in [2.75, 3.05) is 0 Å². The fourth-order valence-corrected chi connectivity index (χ4v) is 2.05. The smallest absolute Gasteiger partial charge is 0.330 e. The van der Waals surface area contributed by atoms with E-state index in [1.807, 2.05) is 5.01 Å². The van der Waals surface area contributed by atoms with E-state index < -0.39 is 18.0 Å². The highest BCUT2D eigenvalue weighted by Gasteiger charge is 2.26. The van der Waals surface area contributed by atoms with Crippen molar-refractivity contribution in [2.45, 2.75) is 58.2 Å². The van der Waals surface area contributed by atoms with Crippen LogP contribution in [-0.4, -0.2) is 40.2 Å². The number of urea groups is 1. The minimum Gasteiger partial charge on any atom is -0.480 e. The number of nitrogens with one attached hydrogen (secondary N) is 2. The third-order valence-electron chi connectivity index (χ3n) is 3.14. The van der Waals surface area contributed by atoms with Crippen LogP contribution < -0.4 is 10.7 Å². The molecule has 0 bridgehead atoms. The number of carbonyl (C=O) groups excluding carboxylic acids is 1. The minimum absolute atomic E-state index is 0.282. The number of amides is 2. The van der Waals surface area contributed by atoms with Gasteiger partial charge in [0.15, 0.2) is 0 Å². The van der Waals surface area contributed by atoms with E-state index in [9.17, 15) is 9.59 Å². The number of hydrazine groups is 1. The molecule has 1 heterocycles. The molecule has 6 nitrogen and oxygen atoms in total. The summed E-state index contributed by atoms with van der Waals surface area (Å²) in [5, 5.41) is 13.0. The maximum absolute atomic E-state index is 11.6. The molecule has 3 N–H and O–H groups in total. The molecule has 98 valence electrons. The molecule has 1 aliphatic rings. The summed E-state index contributed by atoms with van der Waals surface area (Å²) in [5.74, 6) is -1.04. The maximum atomic E-state index is 11.6. The predicted molar refractivity (Wildman–Crippen MR) is 63.4 cm³/mol. The summed E-state index contributed by atoms with van der Waals surface area (Å²) in [6, 6.07) is -0.778. The molecular weight excluding hydrogens is 222 g/mol. The van der Waals surface area contributed by atoms with Crippen molar-refractivity contribution < 1.29 is 14.7 Å². The lowest BCUT2D eigenvalue weighted by Gasteiger charge is -2.38. The van der Waals surface area contributed by atoms with Crippen LogP contribution in [0.5, 0.6) is 0 Å². The second kappa shape index (κ2) is 5.86. The molecule has 0 radical (unpaired) electrons. The number of nitrogens with zero attached hydrogens (tertiary/aromatic N) is 1. The molecule has 0 spiro atoms. The highest BCUT2D eigenvalue weighted by atomic mass is 16.4. The highest BCUT2D eigenvalue weighted by molar-refractivity contribution is 5.81. The molecule has 0 aromatic rings. The lowest BCUT2D eigenvalue weighted by Crippen LogP contribution is -2.58. The molecule has 0 aromatic carbocycles. The summed E-state index contributed by atoms with van der Waals surface area (Å²) in [6.07, 6.45) is 3.24. The van der Waals surface area contributed by atoms with Crippen molar-refractivity contribution in [1.82, 2.24) is 15.8 Å². The molecule has 1 rings (SSSR count). The van der Waals surface area contributed by atoms with Crippen molar-refractivity contribution in [2.24, 2.45) is 0 Å². The van der Waals surface area contributed by atoms with Gasteiger partial charge in [0, 0.05) is 12.1 Å². The number of hydrogen-bond acceptors (Lipinski definition) is 3. The molecule has 6 heteroatoms. The topological polar surface area (TPSA) is 81.7 Å². The Labute approximate surface area is 101 Å². The van der Waals surface area contributed by atoms with Gasteiger partial charge in [-0.15, -0.1) is 0 Å². The summed E-state index contributed by atoms with van der Waals surface area (Å²) >= 11 is 0. The van der Waals surface area contributed by atoms with Gasteiger partial charge in [-0.2, -0.15) is 0 Å². The summed E-state index contributed by atoms with van der Waals surface area (Å²) < 4.78 is 0. The van der Waals surface area contributed by atoms with Gasteiger partial charge in [0.25, 0.3) is 0 Å². The molecule has 0 aliphatic carbocycles. The molecule has 2 unspecified atom stereocenters. The van der Waals surface area contributed by atoms with Gasteiger partial charge < -0.3 is 10.4 Å². The van der Waals surface area contributed by atoms with Gasteiger partial charge in [-0.05, 0) is 33.6 Å². The van der Waals surface area contributed by atoms with Gasteiger partial charge in [-0.25, -0.2) is 9.80 Å². The van der Waals surface area contributed by atoms with Crippen molar-refractivity contribution in [1.29, 1.82) is 0 Å². The van der Waals surface area contributed by atoms with Gasteiger partial charge >= 0.3 is 12.0 Å². The lowest BCUT2D eigenvalue weighted by atomic mass is 10.00. The van der Waals surface area contributed by atoms with E-state index in [1.165, 1.54) is 6.92 Å². The average Bonchev–Trinajstić information content (AvgIpc) is 2.23. The Morgan fingerprint density at radius 1 is 1.29 bits per heavy atom. The number of piperidine rings is 1. The molecule has 3 atom stereocenters. The number of carbonyl (C=O) groups is 2. The molecule has 0 aromatic heterocycles. The van der Waals surface area contributed by atoms with Gasteiger partial charge in [0.2, 0.25) is 0 Å². The zero-order valence-electron chi connectivity index (χ0n) is 10.6. The van der Waals surface area contributed by atoms with Gasteiger partial charge in [0.05, 0.1) is 0 Å². The first-order chi connectivity index (χ1) is 7.91. The third kappa shape index (κ3) is 3.89. The quantitative estimate of drug-likeness (QED) is 0.689. The maximum Gasteiger partial charge on any atom is 0.330 e. The van der Waals surface area contributed by atoms with Crippen LogP contribution in [0.25, 0.3) is 0 Å². The largest absolute Gasteiger partial charge is 0.480 e. The van der Waals surface area contributed by atoms with E-state index in [2.05, 4.69) is 24.6 Å². The standard InChI is InChI=1S/C11H21N3O3/c1-7-5-4-6-8(2)14(7)13-11(17)12-9(3)10(15)16/h7-9H,4-6H2,1-3H3,(H,15,16)(H2,12,13,17)/t7?,8?,9-/m0/s1. The summed E-state index contributed by atoms with van der Waals surface area (Å²) in [5.41, 5.74) is 2.72. The first-order valence-electron chi connectivity index (χ1n) is 6.00. The SMILES string of the molecule is CC1CCCC(C)N1NC(=O)N[C@@H](C)C(=O)O. The minimum atomic E-state index is -1.04. The summed E-state index contributed by atoms with van der Waals surface area (Å²) in [6.45, 7) is 5.54. The van der Waals surface area contributed by atoms with Crippen LogP contribution in [0.15, 0.2) is 0 Å². The zero-order valence-corrected chi connectivity index (χ0v) is 10.6. The Morgan fingerprint density at radius 3 is 2.29 bits per heavy atom. The van der Waals surface area contributed by atoms with Gasteiger partial charge in [-0.1, -0.05) is 6.42 Å². The van der Waals surface area contributed by atoms with Crippen molar-refractivity contribution in [3.63, 3.8) is 0 Å². The Morgan fingerprint density at radius 2 is 1.82 bits per heavy atom. The molecule has 1 fully saturated rings. The predicted octanol–water partition coefficient (Wildman–Crippen LogP) is 0.937. The number of carboxylic acid groups (broad SMARTS) is 1. The number of rotatable bonds is 3. The van der Waals surface area contributed by atoms with Crippen LogP contribution in [0, 0.1) is 0 Å².